The lowest BCUT2D eigenvalue weighted by Crippen LogP contribution is -2.37. The molecule has 4 rings (SSSR count). The highest BCUT2D eigenvalue weighted by atomic mass is 19.1. The second-order valence-electron chi connectivity index (χ2n) is 6.81. The van der Waals surface area contributed by atoms with E-state index in [2.05, 4.69) is 25.4 Å². The Bertz CT molecular complexity index is 886. The monoisotopic (exact) mass is 416 g/mol. The molecule has 160 valence electrons. The predicted octanol–water partition coefficient (Wildman–Crippen LogP) is 1.64. The number of ether oxygens (including phenoxy) is 2. The number of aromatic nitrogens is 2. The van der Waals surface area contributed by atoms with E-state index in [0.29, 0.717) is 50.8 Å². The average molecular weight is 416 g/mol. The van der Waals surface area contributed by atoms with Gasteiger partial charge in [0.15, 0.2) is 11.6 Å². The first-order chi connectivity index (χ1) is 14.7. The summed E-state index contributed by atoms with van der Waals surface area (Å²) in [7, 11) is 0. The van der Waals surface area contributed by atoms with Crippen LogP contribution in [0.15, 0.2) is 29.5 Å². The van der Waals surface area contributed by atoms with Crippen LogP contribution in [0.25, 0.3) is 0 Å². The van der Waals surface area contributed by atoms with Gasteiger partial charge in [0.2, 0.25) is 5.95 Å². The number of benzene rings is 1. The Morgan fingerprint density at radius 1 is 1.07 bits per heavy atom. The first kappa shape index (κ1) is 20.3. The van der Waals surface area contributed by atoms with Crippen molar-refractivity contribution in [1.82, 2.24) is 9.97 Å². The molecule has 2 N–H and O–H groups in total. The fourth-order valence-corrected chi connectivity index (χ4v) is 3.37. The van der Waals surface area contributed by atoms with Crippen LogP contribution in [0.2, 0.25) is 0 Å². The molecule has 0 unspecified atom stereocenters. The molecule has 1 aromatic carbocycles. The van der Waals surface area contributed by atoms with Crippen LogP contribution in [0.4, 0.5) is 27.5 Å². The fourth-order valence-electron chi connectivity index (χ4n) is 3.37. The summed E-state index contributed by atoms with van der Waals surface area (Å²) in [5.41, 5.74) is 6.72. The van der Waals surface area contributed by atoms with Crippen molar-refractivity contribution in [3.63, 3.8) is 0 Å². The van der Waals surface area contributed by atoms with Crippen LogP contribution in [0.3, 0.4) is 0 Å². The molecular formula is C19H23FN7O3-. The maximum atomic E-state index is 14.1. The van der Waals surface area contributed by atoms with Crippen molar-refractivity contribution in [2.24, 2.45) is 5.10 Å². The van der Waals surface area contributed by atoms with E-state index in [1.54, 1.807) is 12.3 Å². The molecule has 0 saturated carbocycles. The van der Waals surface area contributed by atoms with E-state index in [-0.39, 0.29) is 11.8 Å². The van der Waals surface area contributed by atoms with Crippen molar-refractivity contribution >= 4 is 29.4 Å². The van der Waals surface area contributed by atoms with Crippen LogP contribution in [0, 0.1) is 11.0 Å². The van der Waals surface area contributed by atoms with Crippen molar-refractivity contribution in [3.05, 3.63) is 41.0 Å². The molecule has 10 nitrogen and oxygen atoms in total. The van der Waals surface area contributed by atoms with Gasteiger partial charge in [-0.2, -0.15) is 10.1 Å². The smallest absolute Gasteiger partial charge is 0.245 e. The molecule has 2 aliphatic rings. The molecular weight excluding hydrogens is 393 g/mol. The summed E-state index contributed by atoms with van der Waals surface area (Å²) < 4.78 is 24.7. The molecule has 2 saturated heterocycles. The summed E-state index contributed by atoms with van der Waals surface area (Å²) in [5, 5.41) is 15.5. The minimum Gasteiger partial charge on any atom is -0.761 e. The van der Waals surface area contributed by atoms with E-state index in [4.69, 9.17) is 9.47 Å². The van der Waals surface area contributed by atoms with Crippen molar-refractivity contribution in [3.8, 4) is 0 Å². The minimum absolute atomic E-state index is 0.182. The highest BCUT2D eigenvalue weighted by Crippen LogP contribution is 2.27. The fraction of sp³-hybridized carbons (Fsp3) is 0.421. The van der Waals surface area contributed by atoms with Crippen LogP contribution in [0.1, 0.15) is 5.56 Å². The first-order valence-corrected chi connectivity index (χ1v) is 9.74. The summed E-state index contributed by atoms with van der Waals surface area (Å²) in [6.07, 6.45) is 2.66. The number of anilines is 4. The maximum absolute atomic E-state index is 14.1. The molecule has 2 fully saturated rings. The number of hydrazone groups is 1. The Morgan fingerprint density at radius 2 is 1.77 bits per heavy atom. The van der Waals surface area contributed by atoms with Gasteiger partial charge in [0.25, 0.3) is 0 Å². The molecule has 0 spiro atoms. The van der Waals surface area contributed by atoms with Gasteiger partial charge in [-0.05, 0) is 17.7 Å². The van der Waals surface area contributed by atoms with Crippen LogP contribution in [0.5, 0.6) is 0 Å². The third kappa shape index (κ3) is 4.75. The van der Waals surface area contributed by atoms with E-state index in [1.807, 2.05) is 22.5 Å². The standard InChI is InChI=1S/C19H23FN7O3/c20-15-13-21-19(23-18(15)27-5-9-30-10-6-27)24-22-12-14-1-2-17(16(11-14)25-28)26-3-7-29-8-4-26/h1-2,11-13,25H,3-10H2,(H,21,23,24)/q-1/b22-12-. The lowest BCUT2D eigenvalue weighted by Gasteiger charge is -2.31. The number of halogens is 1. The van der Waals surface area contributed by atoms with Gasteiger partial charge in [0, 0.05) is 31.9 Å². The van der Waals surface area contributed by atoms with Gasteiger partial charge in [0.1, 0.15) is 0 Å². The maximum Gasteiger partial charge on any atom is 0.245 e. The van der Waals surface area contributed by atoms with E-state index in [9.17, 15) is 9.60 Å². The Kier molecular flexibility index (Phi) is 6.52. The van der Waals surface area contributed by atoms with E-state index < -0.39 is 5.82 Å². The molecule has 0 atom stereocenters. The summed E-state index contributed by atoms with van der Waals surface area (Å²) in [6.45, 7) is 4.93. The Labute approximate surface area is 173 Å². The summed E-state index contributed by atoms with van der Waals surface area (Å²) in [6, 6.07) is 5.45. The first-order valence-electron chi connectivity index (χ1n) is 9.74. The van der Waals surface area contributed by atoms with E-state index in [0.717, 1.165) is 25.0 Å². The number of nitrogens with one attached hydrogen (secondary N) is 2. The quantitative estimate of drug-likeness (QED) is 0.536. The lowest BCUT2D eigenvalue weighted by molar-refractivity contribution is 0.122. The zero-order valence-corrected chi connectivity index (χ0v) is 16.4. The van der Waals surface area contributed by atoms with Crippen LogP contribution in [-0.4, -0.2) is 68.8 Å². The molecule has 30 heavy (non-hydrogen) atoms. The van der Waals surface area contributed by atoms with Gasteiger partial charge < -0.3 is 30.0 Å². The molecule has 0 bridgehead atoms. The number of hydrogen-bond acceptors (Lipinski definition) is 10. The number of rotatable bonds is 6. The molecule has 0 radical (unpaired) electrons. The topological polar surface area (TPSA) is 110 Å². The Hall–Kier alpha value is -3.02. The normalized spacial score (nSPS) is 17.4. The van der Waals surface area contributed by atoms with Crippen LogP contribution in [-0.2, 0) is 9.47 Å². The average Bonchev–Trinajstić information content (AvgIpc) is 2.81. The molecule has 1 aromatic heterocycles. The number of morpholine rings is 2. The van der Waals surface area contributed by atoms with Gasteiger partial charge in [0.05, 0.1) is 44.5 Å². The van der Waals surface area contributed by atoms with Crippen LogP contribution < -0.4 is 20.7 Å². The number of nitrogens with zero attached hydrogens (tertiary/aromatic N) is 5. The highest BCUT2D eigenvalue weighted by molar-refractivity contribution is 5.85. The molecule has 3 heterocycles. The third-order valence-electron chi connectivity index (χ3n) is 4.90. The van der Waals surface area contributed by atoms with Crippen LogP contribution >= 0.6 is 0 Å². The van der Waals surface area contributed by atoms with Gasteiger partial charge >= 0.3 is 0 Å². The lowest BCUT2D eigenvalue weighted by atomic mass is 10.1. The zero-order chi connectivity index (χ0) is 20.8. The number of hydrogen-bond donors (Lipinski definition) is 2. The molecule has 11 heteroatoms. The summed E-state index contributed by atoms with van der Waals surface area (Å²) in [5.74, 6) is -0.0868. The zero-order valence-electron chi connectivity index (χ0n) is 16.4. The van der Waals surface area contributed by atoms with E-state index in [1.165, 1.54) is 0 Å². The largest absolute Gasteiger partial charge is 0.761 e. The third-order valence-corrected chi connectivity index (χ3v) is 4.90. The van der Waals surface area contributed by atoms with Crippen molar-refractivity contribution in [1.29, 1.82) is 0 Å². The van der Waals surface area contributed by atoms with E-state index >= 15 is 0 Å². The van der Waals surface area contributed by atoms with Crippen molar-refractivity contribution in [2.75, 3.05) is 73.3 Å². The Morgan fingerprint density at radius 3 is 2.47 bits per heavy atom. The van der Waals surface area contributed by atoms with Gasteiger partial charge in [-0.3, -0.25) is 0 Å². The van der Waals surface area contributed by atoms with Crippen molar-refractivity contribution in [2.45, 2.75) is 0 Å². The van der Waals surface area contributed by atoms with Gasteiger partial charge in [-0.1, -0.05) is 6.07 Å². The van der Waals surface area contributed by atoms with Gasteiger partial charge in [-0.25, -0.2) is 14.8 Å². The second-order valence-corrected chi connectivity index (χ2v) is 6.81. The summed E-state index contributed by atoms with van der Waals surface area (Å²) in [4.78, 5) is 12.1. The minimum atomic E-state index is -0.490. The highest BCUT2D eigenvalue weighted by Gasteiger charge is 2.18. The summed E-state index contributed by atoms with van der Waals surface area (Å²) >= 11 is 0. The second kappa shape index (κ2) is 9.65. The molecule has 0 aliphatic carbocycles. The molecule has 0 amide bonds. The predicted molar refractivity (Wildman–Crippen MR) is 113 cm³/mol. The Balaban J connectivity index is 1.44. The molecule has 2 aromatic rings. The molecule has 2 aliphatic heterocycles. The van der Waals surface area contributed by atoms with Crippen molar-refractivity contribution < 1.29 is 13.9 Å². The van der Waals surface area contributed by atoms with Gasteiger partial charge in [-0.15, -0.1) is 0 Å². The SMILES string of the molecule is [O-]Nc1cc(/C=N\Nc2ncc(F)c(N3CCOCC3)n2)ccc1N1CCOCC1.